The number of hydrogen-bond donors (Lipinski definition) is 1. The smallest absolute Gasteiger partial charge is 0.231 e. The zero-order valence-corrected chi connectivity index (χ0v) is 14.7. The minimum absolute atomic E-state index is 0.00656. The van der Waals surface area contributed by atoms with Crippen LogP contribution in [0.2, 0.25) is 0 Å². The van der Waals surface area contributed by atoms with Crippen LogP contribution in [-0.4, -0.2) is 40.6 Å². The van der Waals surface area contributed by atoms with Crippen molar-refractivity contribution in [1.82, 2.24) is 15.2 Å². The van der Waals surface area contributed by atoms with E-state index in [1.165, 1.54) is 11.8 Å². The molecule has 3 aromatic rings. The van der Waals surface area contributed by atoms with E-state index in [4.69, 9.17) is 14.2 Å². The molecule has 1 N–H and O–H groups in total. The predicted octanol–water partition coefficient (Wildman–Crippen LogP) is 3.18. The van der Waals surface area contributed by atoms with Crippen LogP contribution in [-0.2, 0) is 0 Å². The van der Waals surface area contributed by atoms with Crippen LogP contribution in [0.5, 0.6) is 17.2 Å². The number of nitrogens with one attached hydrogen (secondary N) is 1. The first-order valence-corrected chi connectivity index (χ1v) is 8.84. The van der Waals surface area contributed by atoms with Gasteiger partial charge in [-0.05, 0) is 42.5 Å². The molecule has 0 fully saturated rings. The van der Waals surface area contributed by atoms with Gasteiger partial charge in [0.2, 0.25) is 11.9 Å². The normalized spacial score (nSPS) is 12.2. The molecule has 0 spiro atoms. The minimum atomic E-state index is 0.00656. The Labute approximate surface area is 153 Å². The van der Waals surface area contributed by atoms with Gasteiger partial charge in [-0.2, -0.15) is 0 Å². The molecule has 1 aromatic heterocycles. The molecule has 0 saturated carbocycles. The number of carbonyl (C=O) groups is 1. The summed E-state index contributed by atoms with van der Waals surface area (Å²) in [6.07, 6.45) is 0. The summed E-state index contributed by atoms with van der Waals surface area (Å²) in [5, 5.41) is 7.56. The molecule has 7 nitrogen and oxygen atoms in total. The third-order valence-electron chi connectivity index (χ3n) is 3.86. The zero-order chi connectivity index (χ0) is 17.9. The standard InChI is InChI=1S/C18H15N3O4S/c1-23-13-5-2-11(3-6-13)14(22)9-26-18-19-17(20-21-18)12-4-7-15-16(8-12)25-10-24-15/h2-8H,9-10H2,1H3,(H,19,20,21). The lowest BCUT2D eigenvalue weighted by atomic mass is 10.1. The highest BCUT2D eigenvalue weighted by atomic mass is 32.2. The highest BCUT2D eigenvalue weighted by molar-refractivity contribution is 7.99. The van der Waals surface area contributed by atoms with Crippen LogP contribution in [0, 0.1) is 0 Å². The van der Waals surface area contributed by atoms with E-state index in [0.29, 0.717) is 28.0 Å². The van der Waals surface area contributed by atoms with Gasteiger partial charge >= 0.3 is 0 Å². The van der Waals surface area contributed by atoms with Gasteiger partial charge in [0.15, 0.2) is 23.1 Å². The average Bonchev–Trinajstić information content (AvgIpc) is 3.34. The van der Waals surface area contributed by atoms with E-state index in [9.17, 15) is 4.79 Å². The molecule has 8 heteroatoms. The van der Waals surface area contributed by atoms with Crippen LogP contribution in [0.3, 0.4) is 0 Å². The van der Waals surface area contributed by atoms with Crippen molar-refractivity contribution in [2.75, 3.05) is 19.7 Å². The Morgan fingerprint density at radius 2 is 2.00 bits per heavy atom. The molecule has 4 rings (SSSR count). The Hall–Kier alpha value is -3.00. The van der Waals surface area contributed by atoms with E-state index < -0.39 is 0 Å². The maximum Gasteiger partial charge on any atom is 0.231 e. The van der Waals surface area contributed by atoms with Gasteiger partial charge in [0.05, 0.1) is 12.9 Å². The highest BCUT2D eigenvalue weighted by Gasteiger charge is 2.16. The number of carbonyl (C=O) groups excluding carboxylic acids is 1. The summed E-state index contributed by atoms with van der Waals surface area (Å²) in [6.45, 7) is 0.226. The molecule has 1 aliphatic rings. The summed E-state index contributed by atoms with van der Waals surface area (Å²) in [4.78, 5) is 16.7. The second kappa shape index (κ2) is 7.09. The van der Waals surface area contributed by atoms with E-state index in [1.807, 2.05) is 18.2 Å². The molecule has 0 radical (unpaired) electrons. The molecule has 132 valence electrons. The lowest BCUT2D eigenvalue weighted by Gasteiger charge is -2.01. The lowest BCUT2D eigenvalue weighted by molar-refractivity contribution is 0.102. The molecule has 0 aliphatic carbocycles. The molecule has 2 aromatic carbocycles. The average molecular weight is 369 g/mol. The topological polar surface area (TPSA) is 86.3 Å². The number of benzene rings is 2. The molecule has 0 unspecified atom stereocenters. The summed E-state index contributed by atoms with van der Waals surface area (Å²) in [6, 6.07) is 12.6. The van der Waals surface area contributed by atoms with Crippen LogP contribution in [0.1, 0.15) is 10.4 Å². The largest absolute Gasteiger partial charge is 0.497 e. The first-order valence-electron chi connectivity index (χ1n) is 7.85. The summed E-state index contributed by atoms with van der Waals surface area (Å²) in [5.41, 5.74) is 1.47. The molecule has 26 heavy (non-hydrogen) atoms. The second-order valence-electron chi connectivity index (χ2n) is 5.47. The van der Waals surface area contributed by atoms with Crippen molar-refractivity contribution < 1.29 is 19.0 Å². The van der Waals surface area contributed by atoms with E-state index in [-0.39, 0.29) is 18.3 Å². The van der Waals surface area contributed by atoms with Gasteiger partial charge in [-0.15, -0.1) is 5.10 Å². The molecular formula is C18H15N3O4S. The number of H-pyrrole nitrogens is 1. The second-order valence-corrected chi connectivity index (χ2v) is 6.42. The monoisotopic (exact) mass is 369 g/mol. The predicted molar refractivity (Wildman–Crippen MR) is 96.0 cm³/mol. The molecule has 0 bridgehead atoms. The first-order chi connectivity index (χ1) is 12.7. The zero-order valence-electron chi connectivity index (χ0n) is 13.9. The van der Waals surface area contributed by atoms with E-state index in [2.05, 4.69) is 15.2 Å². The minimum Gasteiger partial charge on any atom is -0.497 e. The van der Waals surface area contributed by atoms with Crippen molar-refractivity contribution in [3.8, 4) is 28.6 Å². The van der Waals surface area contributed by atoms with Gasteiger partial charge in [-0.3, -0.25) is 9.89 Å². The van der Waals surface area contributed by atoms with Crippen molar-refractivity contribution >= 4 is 17.5 Å². The van der Waals surface area contributed by atoms with Gasteiger partial charge < -0.3 is 14.2 Å². The molecule has 0 atom stereocenters. The third kappa shape index (κ3) is 3.36. The fraction of sp³-hybridized carbons (Fsp3) is 0.167. The summed E-state index contributed by atoms with van der Waals surface area (Å²) in [7, 11) is 1.59. The fourth-order valence-corrected chi connectivity index (χ4v) is 3.17. The van der Waals surface area contributed by atoms with E-state index in [1.54, 1.807) is 31.4 Å². The van der Waals surface area contributed by atoms with Gasteiger partial charge in [0.1, 0.15) is 5.75 Å². The number of ether oxygens (including phenoxy) is 3. The fourth-order valence-electron chi connectivity index (χ4n) is 2.47. The quantitative estimate of drug-likeness (QED) is 0.527. The van der Waals surface area contributed by atoms with Crippen molar-refractivity contribution in [2.45, 2.75) is 5.16 Å². The van der Waals surface area contributed by atoms with E-state index in [0.717, 1.165) is 11.3 Å². The van der Waals surface area contributed by atoms with Crippen molar-refractivity contribution in [2.24, 2.45) is 0 Å². The Morgan fingerprint density at radius 3 is 2.81 bits per heavy atom. The number of aromatic amines is 1. The van der Waals surface area contributed by atoms with Gasteiger partial charge in [-0.1, -0.05) is 11.8 Å². The van der Waals surface area contributed by atoms with Crippen LogP contribution in [0.4, 0.5) is 0 Å². The number of thioether (sulfide) groups is 1. The van der Waals surface area contributed by atoms with Crippen molar-refractivity contribution in [1.29, 1.82) is 0 Å². The number of rotatable bonds is 6. The maximum absolute atomic E-state index is 12.3. The summed E-state index contributed by atoms with van der Waals surface area (Å²) < 4.78 is 15.8. The number of hydrogen-bond acceptors (Lipinski definition) is 7. The molecule has 1 aliphatic heterocycles. The lowest BCUT2D eigenvalue weighted by Crippen LogP contribution is -2.02. The summed E-state index contributed by atoms with van der Waals surface area (Å²) >= 11 is 1.28. The maximum atomic E-state index is 12.3. The number of methoxy groups -OCH3 is 1. The SMILES string of the molecule is COc1ccc(C(=O)CSc2n[nH]c(-c3ccc4c(c3)OCO4)n2)cc1. The Kier molecular flexibility index (Phi) is 4.49. The highest BCUT2D eigenvalue weighted by Crippen LogP contribution is 2.35. The van der Waals surface area contributed by atoms with Gasteiger partial charge in [0, 0.05) is 11.1 Å². The molecule has 2 heterocycles. The first kappa shape index (κ1) is 16.5. The number of ketones is 1. The van der Waals surface area contributed by atoms with Crippen LogP contribution < -0.4 is 14.2 Å². The van der Waals surface area contributed by atoms with Crippen LogP contribution in [0.15, 0.2) is 47.6 Å². The van der Waals surface area contributed by atoms with Crippen LogP contribution in [0.25, 0.3) is 11.4 Å². The Bertz CT molecular complexity index is 940. The van der Waals surface area contributed by atoms with Crippen molar-refractivity contribution in [3.05, 3.63) is 48.0 Å². The molecular weight excluding hydrogens is 354 g/mol. The number of fused-ring (bicyclic) bond motifs is 1. The van der Waals surface area contributed by atoms with Crippen molar-refractivity contribution in [3.63, 3.8) is 0 Å². The number of nitrogens with zero attached hydrogens (tertiary/aromatic N) is 2. The summed E-state index contributed by atoms with van der Waals surface area (Å²) in [5.74, 6) is 2.99. The van der Waals surface area contributed by atoms with Crippen LogP contribution >= 0.6 is 11.8 Å². The van der Waals surface area contributed by atoms with Gasteiger partial charge in [-0.25, -0.2) is 4.98 Å². The Morgan fingerprint density at radius 1 is 1.19 bits per heavy atom. The Balaban J connectivity index is 1.41. The molecule has 0 saturated heterocycles. The number of Topliss-reactive ketones (excluding diaryl/α,β-unsaturated/α-hetero) is 1. The van der Waals surface area contributed by atoms with E-state index >= 15 is 0 Å². The molecule has 0 amide bonds. The van der Waals surface area contributed by atoms with Gasteiger partial charge in [0.25, 0.3) is 0 Å². The number of aromatic nitrogens is 3. The third-order valence-corrected chi connectivity index (χ3v) is 4.70.